The maximum Gasteiger partial charge on any atom is 0.164 e. The van der Waals surface area contributed by atoms with E-state index in [0.29, 0.717) is 23.0 Å². The SMILES string of the molecule is N#Cc1ccc2c(c1)c1cc(-n3c4ccccc4c4ccccc43)ccc1n2-c1c(-c2ccccc2)cc(-c2nc(-c3ccc(-c4ccccc4)cc3)nc(-c3ccc(-c4ccccc4)cc3)n2)cc1-c1ccccc1. The molecule has 11 aromatic carbocycles. The van der Waals surface area contributed by atoms with Crippen molar-refractivity contribution in [2.45, 2.75) is 0 Å². The molecule has 0 unspecified atom stereocenters. The van der Waals surface area contributed by atoms with Crippen molar-refractivity contribution in [2.24, 2.45) is 0 Å². The molecule has 0 aliphatic rings. The number of rotatable bonds is 9. The van der Waals surface area contributed by atoms with Gasteiger partial charge in [0.1, 0.15) is 0 Å². The largest absolute Gasteiger partial charge is 0.309 e. The monoisotopic (exact) mass is 968 g/mol. The lowest BCUT2D eigenvalue weighted by atomic mass is 9.92. The highest BCUT2D eigenvalue weighted by molar-refractivity contribution is 6.13. The second-order valence-electron chi connectivity index (χ2n) is 19.1. The van der Waals surface area contributed by atoms with Gasteiger partial charge in [-0.1, -0.05) is 206 Å². The molecule has 0 radical (unpaired) electrons. The second-order valence-corrected chi connectivity index (χ2v) is 19.1. The first-order valence-corrected chi connectivity index (χ1v) is 25.5. The van der Waals surface area contributed by atoms with Gasteiger partial charge in [0.25, 0.3) is 0 Å². The van der Waals surface area contributed by atoms with Crippen LogP contribution in [0, 0.1) is 11.3 Å². The minimum Gasteiger partial charge on any atom is -0.309 e. The fraction of sp³-hybridized carbons (Fsp3) is 0. The molecule has 0 fully saturated rings. The van der Waals surface area contributed by atoms with Gasteiger partial charge in [0.2, 0.25) is 0 Å². The van der Waals surface area contributed by atoms with Gasteiger partial charge in [0.05, 0.1) is 39.4 Å². The Morgan fingerprint density at radius 1 is 0.276 bits per heavy atom. The van der Waals surface area contributed by atoms with E-state index in [0.717, 1.165) is 105 Å². The standard InChI is InChI=1S/C70H44N6/c71-45-46-29-39-65-61(41-46)62-44-56(75-63-27-15-13-25-57(63)58-26-14-16-28-64(58)75)38-40-66(62)76(65)67-59(51-21-9-3-10-22-51)42-55(43-60(67)52-23-11-4-12-24-52)70-73-68(53-34-30-49(31-35-53)47-17-5-1-6-18-47)72-69(74-70)54-36-32-50(33-37-54)48-19-7-2-8-20-48/h1-44H. The quantitative estimate of drug-likeness (QED) is 0.144. The third-order valence-electron chi connectivity index (χ3n) is 14.6. The molecular formula is C70H44N6. The average molecular weight is 969 g/mol. The number of benzene rings is 11. The summed E-state index contributed by atoms with van der Waals surface area (Å²) in [4.78, 5) is 15.9. The molecule has 0 atom stereocenters. The summed E-state index contributed by atoms with van der Waals surface area (Å²) in [7, 11) is 0. The highest BCUT2D eigenvalue weighted by atomic mass is 15.0. The molecule has 3 aromatic heterocycles. The second kappa shape index (κ2) is 18.5. The van der Waals surface area contributed by atoms with Crippen molar-refractivity contribution in [3.63, 3.8) is 0 Å². The van der Waals surface area contributed by atoms with Crippen LogP contribution in [0.1, 0.15) is 5.56 Å². The minimum atomic E-state index is 0.553. The zero-order valence-corrected chi connectivity index (χ0v) is 41.1. The lowest BCUT2D eigenvalue weighted by molar-refractivity contribution is 1.07. The van der Waals surface area contributed by atoms with Crippen molar-refractivity contribution >= 4 is 43.6 Å². The van der Waals surface area contributed by atoms with Crippen LogP contribution >= 0.6 is 0 Å². The van der Waals surface area contributed by atoms with Gasteiger partial charge in [0, 0.05) is 55.0 Å². The summed E-state index contributed by atoms with van der Waals surface area (Å²) in [5, 5.41) is 14.8. The smallest absolute Gasteiger partial charge is 0.164 e. The van der Waals surface area contributed by atoms with E-state index in [9.17, 15) is 5.26 Å². The molecule has 0 spiro atoms. The summed E-state index contributed by atoms with van der Waals surface area (Å²) >= 11 is 0. The van der Waals surface area contributed by atoms with Crippen molar-refractivity contribution in [1.29, 1.82) is 5.26 Å². The lowest BCUT2D eigenvalue weighted by Crippen LogP contribution is -2.04. The Bertz CT molecular complexity index is 4320. The minimum absolute atomic E-state index is 0.553. The summed E-state index contributed by atoms with van der Waals surface area (Å²) in [6.07, 6.45) is 0. The van der Waals surface area contributed by atoms with E-state index in [4.69, 9.17) is 15.0 Å². The Hall–Kier alpha value is -10.5. The molecule has 0 aliphatic carbocycles. The molecule has 6 heteroatoms. The zero-order chi connectivity index (χ0) is 50.5. The number of para-hydroxylation sites is 2. The van der Waals surface area contributed by atoms with Crippen LogP contribution in [-0.4, -0.2) is 24.1 Å². The number of nitriles is 1. The molecule has 14 rings (SSSR count). The molecule has 0 N–H and O–H groups in total. The lowest BCUT2D eigenvalue weighted by Gasteiger charge is -2.21. The molecule has 76 heavy (non-hydrogen) atoms. The summed E-state index contributed by atoms with van der Waals surface area (Å²) in [5.74, 6) is 1.71. The molecular weight excluding hydrogens is 925 g/mol. The Morgan fingerprint density at radius 3 is 1.12 bits per heavy atom. The van der Waals surface area contributed by atoms with E-state index in [2.05, 4.69) is 258 Å². The van der Waals surface area contributed by atoms with E-state index in [1.807, 2.05) is 24.3 Å². The van der Waals surface area contributed by atoms with Crippen LogP contribution in [0.2, 0.25) is 0 Å². The molecule has 14 aromatic rings. The van der Waals surface area contributed by atoms with Crippen LogP contribution in [-0.2, 0) is 0 Å². The summed E-state index contributed by atoms with van der Waals surface area (Å²) in [5.41, 5.74) is 18.1. The van der Waals surface area contributed by atoms with Gasteiger partial charge in [-0.05, 0) is 94.0 Å². The number of hydrogen-bond donors (Lipinski definition) is 0. The van der Waals surface area contributed by atoms with E-state index in [1.165, 1.54) is 10.8 Å². The van der Waals surface area contributed by atoms with Crippen molar-refractivity contribution in [3.8, 4) is 96.1 Å². The van der Waals surface area contributed by atoms with Crippen LogP contribution in [0.4, 0.5) is 0 Å². The summed E-state index contributed by atoms with van der Waals surface area (Å²) in [6, 6.07) is 95.9. The van der Waals surface area contributed by atoms with E-state index in [-0.39, 0.29) is 0 Å². The van der Waals surface area contributed by atoms with Crippen molar-refractivity contribution < 1.29 is 0 Å². The third-order valence-corrected chi connectivity index (χ3v) is 14.6. The number of fused-ring (bicyclic) bond motifs is 6. The van der Waals surface area contributed by atoms with Gasteiger partial charge in [-0.3, -0.25) is 0 Å². The average Bonchev–Trinajstić information content (AvgIpc) is 4.09. The molecule has 0 saturated carbocycles. The number of nitrogens with zero attached hydrogens (tertiary/aromatic N) is 6. The van der Waals surface area contributed by atoms with Crippen LogP contribution in [0.15, 0.2) is 267 Å². The molecule has 0 amide bonds. The first-order chi connectivity index (χ1) is 37.6. The van der Waals surface area contributed by atoms with E-state index < -0.39 is 0 Å². The fourth-order valence-corrected chi connectivity index (χ4v) is 11.0. The maximum absolute atomic E-state index is 10.4. The van der Waals surface area contributed by atoms with Gasteiger partial charge >= 0.3 is 0 Å². The maximum atomic E-state index is 10.4. The molecule has 0 bridgehead atoms. The topological polar surface area (TPSA) is 72.3 Å². The molecule has 354 valence electrons. The summed E-state index contributed by atoms with van der Waals surface area (Å²) in [6.45, 7) is 0. The predicted molar refractivity (Wildman–Crippen MR) is 311 cm³/mol. The van der Waals surface area contributed by atoms with Gasteiger partial charge < -0.3 is 9.13 Å². The van der Waals surface area contributed by atoms with Gasteiger partial charge in [0.15, 0.2) is 17.5 Å². The van der Waals surface area contributed by atoms with Crippen molar-refractivity contribution in [3.05, 3.63) is 272 Å². The van der Waals surface area contributed by atoms with Crippen LogP contribution in [0.5, 0.6) is 0 Å². The molecule has 0 saturated heterocycles. The number of aromatic nitrogens is 5. The van der Waals surface area contributed by atoms with Gasteiger partial charge in [-0.2, -0.15) is 5.26 Å². The van der Waals surface area contributed by atoms with Crippen LogP contribution in [0.25, 0.3) is 134 Å². The fourth-order valence-electron chi connectivity index (χ4n) is 11.0. The highest BCUT2D eigenvalue weighted by Crippen LogP contribution is 2.45. The van der Waals surface area contributed by atoms with E-state index in [1.54, 1.807) is 0 Å². The summed E-state index contributed by atoms with van der Waals surface area (Å²) < 4.78 is 4.75. The Kier molecular flexibility index (Phi) is 10.8. The molecule has 0 aliphatic heterocycles. The van der Waals surface area contributed by atoms with Gasteiger partial charge in [-0.15, -0.1) is 0 Å². The normalized spacial score (nSPS) is 11.4. The van der Waals surface area contributed by atoms with Gasteiger partial charge in [-0.25, -0.2) is 15.0 Å². The first-order valence-electron chi connectivity index (χ1n) is 25.5. The Balaban J connectivity index is 1.02. The van der Waals surface area contributed by atoms with Crippen molar-refractivity contribution in [2.75, 3.05) is 0 Å². The predicted octanol–water partition coefficient (Wildman–Crippen LogP) is 17.6. The number of hydrogen-bond acceptors (Lipinski definition) is 4. The molecule has 6 nitrogen and oxygen atoms in total. The van der Waals surface area contributed by atoms with Crippen molar-refractivity contribution in [1.82, 2.24) is 24.1 Å². The van der Waals surface area contributed by atoms with E-state index >= 15 is 0 Å². The van der Waals surface area contributed by atoms with Crippen LogP contribution in [0.3, 0.4) is 0 Å². The Labute approximate surface area is 439 Å². The third kappa shape index (κ3) is 7.70. The van der Waals surface area contributed by atoms with Crippen LogP contribution < -0.4 is 0 Å². The zero-order valence-electron chi connectivity index (χ0n) is 41.1. The highest BCUT2D eigenvalue weighted by Gasteiger charge is 2.24. The molecule has 3 heterocycles. The Morgan fingerprint density at radius 2 is 0.645 bits per heavy atom. The first kappa shape index (κ1) is 44.2.